The fraction of sp³-hybridized carbons (Fsp3) is 0.700. The Kier molecular flexibility index (Phi) is 4.78. The third kappa shape index (κ3) is 4.09. The highest BCUT2D eigenvalue weighted by Gasteiger charge is 2.04. The van der Waals surface area contributed by atoms with Gasteiger partial charge in [-0.1, -0.05) is 13.8 Å². The van der Waals surface area contributed by atoms with Crippen LogP contribution in [-0.4, -0.2) is 27.9 Å². The molecule has 0 saturated carbocycles. The van der Waals surface area contributed by atoms with Gasteiger partial charge >= 0.3 is 0 Å². The van der Waals surface area contributed by atoms with Crippen LogP contribution < -0.4 is 5.32 Å². The second kappa shape index (κ2) is 6.14. The van der Waals surface area contributed by atoms with E-state index in [2.05, 4.69) is 29.2 Å². The molecule has 1 unspecified atom stereocenters. The van der Waals surface area contributed by atoms with Crippen LogP contribution in [0.4, 0.5) is 0 Å². The first-order chi connectivity index (χ1) is 7.26. The summed E-state index contributed by atoms with van der Waals surface area (Å²) in [5, 5.41) is 15.9. The SMILES string of the molecule is CCCNCC(C)Cn1cnc(C#N)n1. The summed E-state index contributed by atoms with van der Waals surface area (Å²) >= 11 is 0. The first-order valence-electron chi connectivity index (χ1n) is 5.26. The summed E-state index contributed by atoms with van der Waals surface area (Å²) in [5.74, 6) is 0.730. The van der Waals surface area contributed by atoms with Gasteiger partial charge in [0.1, 0.15) is 12.4 Å². The lowest BCUT2D eigenvalue weighted by atomic mass is 10.2. The summed E-state index contributed by atoms with van der Waals surface area (Å²) in [7, 11) is 0. The third-order valence-electron chi connectivity index (χ3n) is 2.05. The largest absolute Gasteiger partial charge is 0.316 e. The molecule has 0 aliphatic carbocycles. The molecule has 1 aromatic rings. The van der Waals surface area contributed by atoms with Crippen LogP contribution in [-0.2, 0) is 6.54 Å². The molecule has 0 saturated heterocycles. The third-order valence-corrected chi connectivity index (χ3v) is 2.05. The van der Waals surface area contributed by atoms with Crippen LogP contribution in [0.3, 0.4) is 0 Å². The van der Waals surface area contributed by atoms with Crippen molar-refractivity contribution in [2.24, 2.45) is 5.92 Å². The Labute approximate surface area is 90.1 Å². The molecular weight excluding hydrogens is 190 g/mol. The van der Waals surface area contributed by atoms with Gasteiger partial charge in [-0.3, -0.25) is 4.68 Å². The van der Waals surface area contributed by atoms with E-state index < -0.39 is 0 Å². The topological polar surface area (TPSA) is 66.5 Å². The van der Waals surface area contributed by atoms with Gasteiger partial charge in [0.25, 0.3) is 5.82 Å². The summed E-state index contributed by atoms with van der Waals surface area (Å²) < 4.78 is 1.72. The zero-order valence-corrected chi connectivity index (χ0v) is 9.27. The minimum atomic E-state index is 0.240. The van der Waals surface area contributed by atoms with E-state index in [1.165, 1.54) is 0 Å². The first-order valence-corrected chi connectivity index (χ1v) is 5.26. The van der Waals surface area contributed by atoms with E-state index in [0.29, 0.717) is 5.92 Å². The second-order valence-corrected chi connectivity index (χ2v) is 3.71. The van der Waals surface area contributed by atoms with Crippen LogP contribution in [0.25, 0.3) is 0 Å². The van der Waals surface area contributed by atoms with Gasteiger partial charge in [-0.05, 0) is 25.4 Å². The molecular formula is C10H17N5. The molecule has 0 aromatic carbocycles. The molecule has 1 rings (SSSR count). The van der Waals surface area contributed by atoms with Gasteiger partial charge in [-0.2, -0.15) is 5.26 Å². The Morgan fingerprint density at radius 3 is 3.07 bits per heavy atom. The number of nitriles is 1. The average Bonchev–Trinajstić information content (AvgIpc) is 2.66. The molecule has 1 N–H and O–H groups in total. The second-order valence-electron chi connectivity index (χ2n) is 3.71. The molecule has 1 heterocycles. The Morgan fingerprint density at radius 1 is 1.67 bits per heavy atom. The van der Waals surface area contributed by atoms with Crippen molar-refractivity contribution in [1.29, 1.82) is 5.26 Å². The maximum absolute atomic E-state index is 8.56. The van der Waals surface area contributed by atoms with Crippen molar-refractivity contribution >= 4 is 0 Å². The van der Waals surface area contributed by atoms with E-state index >= 15 is 0 Å². The van der Waals surface area contributed by atoms with Gasteiger partial charge in [0.05, 0.1) is 0 Å². The van der Waals surface area contributed by atoms with Crippen molar-refractivity contribution < 1.29 is 0 Å². The molecule has 0 aliphatic rings. The number of rotatable bonds is 6. The monoisotopic (exact) mass is 207 g/mol. The highest BCUT2D eigenvalue weighted by atomic mass is 15.3. The minimum Gasteiger partial charge on any atom is -0.316 e. The molecule has 5 nitrogen and oxygen atoms in total. The van der Waals surface area contributed by atoms with Crippen molar-refractivity contribution in [2.75, 3.05) is 13.1 Å². The van der Waals surface area contributed by atoms with Gasteiger partial charge in [0, 0.05) is 6.54 Å². The van der Waals surface area contributed by atoms with Gasteiger partial charge in [0.15, 0.2) is 0 Å². The zero-order valence-electron chi connectivity index (χ0n) is 9.27. The number of aromatic nitrogens is 3. The van der Waals surface area contributed by atoms with Crippen LogP contribution in [0.15, 0.2) is 6.33 Å². The normalized spacial score (nSPS) is 12.3. The molecule has 1 atom stereocenters. The van der Waals surface area contributed by atoms with Crippen molar-refractivity contribution in [3.63, 3.8) is 0 Å². The summed E-state index contributed by atoms with van der Waals surface area (Å²) in [6.45, 7) is 7.11. The molecule has 0 fully saturated rings. The maximum Gasteiger partial charge on any atom is 0.252 e. The van der Waals surface area contributed by atoms with Crippen LogP contribution in [0, 0.1) is 17.2 Å². The average molecular weight is 207 g/mol. The number of hydrogen-bond acceptors (Lipinski definition) is 4. The van der Waals surface area contributed by atoms with Gasteiger partial charge in [-0.25, -0.2) is 4.98 Å². The summed E-state index contributed by atoms with van der Waals surface area (Å²) in [6.07, 6.45) is 2.75. The van der Waals surface area contributed by atoms with E-state index in [0.717, 1.165) is 26.1 Å². The number of hydrogen-bond donors (Lipinski definition) is 1. The maximum atomic E-state index is 8.56. The highest BCUT2D eigenvalue weighted by molar-refractivity contribution is 5.05. The van der Waals surface area contributed by atoms with Crippen LogP contribution in [0.2, 0.25) is 0 Å². The van der Waals surface area contributed by atoms with Crippen LogP contribution in [0.1, 0.15) is 26.1 Å². The summed E-state index contributed by atoms with van der Waals surface area (Å²) in [6, 6.07) is 1.91. The molecule has 0 amide bonds. The van der Waals surface area contributed by atoms with E-state index in [1.807, 2.05) is 6.07 Å². The van der Waals surface area contributed by atoms with E-state index in [-0.39, 0.29) is 5.82 Å². The van der Waals surface area contributed by atoms with Crippen molar-refractivity contribution in [3.8, 4) is 6.07 Å². The molecule has 0 aliphatic heterocycles. The Morgan fingerprint density at radius 2 is 2.47 bits per heavy atom. The molecule has 0 radical (unpaired) electrons. The lowest BCUT2D eigenvalue weighted by molar-refractivity contribution is 0.422. The number of nitrogens with zero attached hydrogens (tertiary/aromatic N) is 4. The van der Waals surface area contributed by atoms with E-state index in [4.69, 9.17) is 5.26 Å². The summed E-state index contributed by atoms with van der Waals surface area (Å²) in [4.78, 5) is 3.85. The molecule has 82 valence electrons. The Balaban J connectivity index is 2.31. The Bertz CT molecular complexity index is 325. The fourth-order valence-electron chi connectivity index (χ4n) is 1.34. The lowest BCUT2D eigenvalue weighted by Crippen LogP contribution is -2.24. The smallest absolute Gasteiger partial charge is 0.252 e. The molecule has 0 spiro atoms. The van der Waals surface area contributed by atoms with Gasteiger partial charge < -0.3 is 5.32 Å². The van der Waals surface area contributed by atoms with Crippen LogP contribution in [0.5, 0.6) is 0 Å². The first kappa shape index (κ1) is 11.7. The molecule has 15 heavy (non-hydrogen) atoms. The Hall–Kier alpha value is -1.41. The number of nitrogens with one attached hydrogen (secondary N) is 1. The van der Waals surface area contributed by atoms with Crippen molar-refractivity contribution in [1.82, 2.24) is 20.1 Å². The fourth-order valence-corrected chi connectivity index (χ4v) is 1.34. The summed E-state index contributed by atoms with van der Waals surface area (Å²) in [5.41, 5.74) is 0. The predicted octanol–water partition coefficient (Wildman–Crippen LogP) is 0.785. The predicted molar refractivity (Wildman–Crippen MR) is 57.1 cm³/mol. The molecule has 5 heteroatoms. The van der Waals surface area contributed by atoms with Crippen molar-refractivity contribution in [2.45, 2.75) is 26.8 Å². The molecule has 1 aromatic heterocycles. The lowest BCUT2D eigenvalue weighted by Gasteiger charge is -2.11. The van der Waals surface area contributed by atoms with Crippen molar-refractivity contribution in [3.05, 3.63) is 12.2 Å². The zero-order chi connectivity index (χ0) is 11.1. The van der Waals surface area contributed by atoms with E-state index in [1.54, 1.807) is 11.0 Å². The van der Waals surface area contributed by atoms with Gasteiger partial charge in [0.2, 0.25) is 0 Å². The minimum absolute atomic E-state index is 0.240. The molecule has 0 bridgehead atoms. The van der Waals surface area contributed by atoms with E-state index in [9.17, 15) is 0 Å². The highest BCUT2D eigenvalue weighted by Crippen LogP contribution is 1.98. The quantitative estimate of drug-likeness (QED) is 0.700. The van der Waals surface area contributed by atoms with Gasteiger partial charge in [-0.15, -0.1) is 5.10 Å². The standard InChI is InChI=1S/C10H17N5/c1-3-4-12-6-9(2)7-15-8-13-10(5-11)14-15/h8-9,12H,3-4,6-7H2,1-2H3. The van der Waals surface area contributed by atoms with Crippen LogP contribution >= 0.6 is 0 Å².